The minimum Gasteiger partial charge on any atom is -0.453 e. The topological polar surface area (TPSA) is 45.7 Å². The third-order valence-electron chi connectivity index (χ3n) is 4.23. The van der Waals surface area contributed by atoms with E-state index in [4.69, 9.17) is 16.3 Å². The molecule has 0 saturated carbocycles. The second kappa shape index (κ2) is 7.55. The molecule has 0 aromatic heterocycles. The number of hydrazone groups is 1. The summed E-state index contributed by atoms with van der Waals surface area (Å²) < 4.78 is 5.94. The Morgan fingerprint density at radius 3 is 2.48 bits per heavy atom. The normalized spacial score (nSPS) is 12.5. The summed E-state index contributed by atoms with van der Waals surface area (Å²) in [5.41, 5.74) is 4.88. The van der Waals surface area contributed by atoms with Gasteiger partial charge in [0.25, 0.3) is 0 Å². The molecule has 4 nitrogen and oxygen atoms in total. The third kappa shape index (κ3) is 4.04. The molecule has 0 amide bonds. The predicted octanol–water partition coefficient (Wildman–Crippen LogP) is 6.52. The molecular weight excluding hydrogens is 378 g/mol. The van der Waals surface area contributed by atoms with E-state index in [-0.39, 0.29) is 0 Å². The van der Waals surface area contributed by atoms with E-state index < -0.39 is 0 Å². The number of benzene rings is 3. The molecule has 0 saturated heterocycles. The van der Waals surface area contributed by atoms with Gasteiger partial charge in [-0.1, -0.05) is 29.3 Å². The maximum Gasteiger partial charge on any atom is 0.151 e. The van der Waals surface area contributed by atoms with Gasteiger partial charge in [-0.25, -0.2) is 4.83 Å². The maximum absolute atomic E-state index is 6.08. The lowest BCUT2D eigenvalue weighted by atomic mass is 10.1. The summed E-state index contributed by atoms with van der Waals surface area (Å²) in [4.78, 5) is 4.17. The lowest BCUT2D eigenvalue weighted by Gasteiger charge is -2.22. The molecule has 0 aliphatic carbocycles. The zero-order valence-corrected chi connectivity index (χ0v) is 16.5. The monoisotopic (exact) mass is 395 g/mol. The summed E-state index contributed by atoms with van der Waals surface area (Å²) in [5, 5.41) is 8.50. The summed E-state index contributed by atoms with van der Waals surface area (Å²) in [6.45, 7) is 4.04. The first-order valence-electron chi connectivity index (χ1n) is 8.50. The SMILES string of the molecule is C/C(=N\NSc1ccc(C)cc1)c1ccc2c(c1)Nc1cc(Cl)ccc1O2. The molecule has 0 atom stereocenters. The Bertz CT molecular complexity index is 1020. The number of ether oxygens (including phenoxy) is 1. The van der Waals surface area contributed by atoms with Crippen molar-refractivity contribution in [1.82, 2.24) is 4.83 Å². The van der Waals surface area contributed by atoms with Crippen LogP contribution in [0.4, 0.5) is 11.4 Å². The summed E-state index contributed by atoms with van der Waals surface area (Å²) in [6, 6.07) is 19.8. The van der Waals surface area contributed by atoms with Gasteiger partial charge < -0.3 is 10.1 Å². The molecule has 27 heavy (non-hydrogen) atoms. The maximum atomic E-state index is 6.08. The number of rotatable bonds is 4. The van der Waals surface area contributed by atoms with Crippen LogP contribution in [0.25, 0.3) is 0 Å². The lowest BCUT2D eigenvalue weighted by molar-refractivity contribution is 0.481. The van der Waals surface area contributed by atoms with Crippen LogP contribution in [0.15, 0.2) is 70.7 Å². The molecule has 0 radical (unpaired) electrons. The number of halogens is 1. The molecule has 3 aromatic rings. The first-order chi connectivity index (χ1) is 13.1. The zero-order valence-electron chi connectivity index (χ0n) is 14.9. The predicted molar refractivity (Wildman–Crippen MR) is 114 cm³/mol. The van der Waals surface area contributed by atoms with Crippen molar-refractivity contribution in [3.8, 4) is 11.5 Å². The minimum absolute atomic E-state index is 0.666. The van der Waals surface area contributed by atoms with Crippen LogP contribution in [0.5, 0.6) is 11.5 Å². The summed E-state index contributed by atoms with van der Waals surface area (Å²) in [7, 11) is 0. The number of aryl methyl sites for hydroxylation is 1. The van der Waals surface area contributed by atoms with E-state index in [1.807, 2.05) is 43.3 Å². The fourth-order valence-electron chi connectivity index (χ4n) is 2.71. The Morgan fingerprint density at radius 2 is 1.70 bits per heavy atom. The number of anilines is 2. The van der Waals surface area contributed by atoms with Crippen molar-refractivity contribution >= 4 is 40.6 Å². The van der Waals surface area contributed by atoms with Gasteiger partial charge in [0.2, 0.25) is 0 Å². The molecule has 0 unspecified atom stereocenters. The molecule has 4 rings (SSSR count). The fraction of sp³-hybridized carbons (Fsp3) is 0.0952. The minimum atomic E-state index is 0.666. The van der Waals surface area contributed by atoms with E-state index in [1.165, 1.54) is 17.5 Å². The Kier molecular flexibility index (Phi) is 4.97. The van der Waals surface area contributed by atoms with Gasteiger partial charge >= 0.3 is 0 Å². The van der Waals surface area contributed by atoms with Crippen LogP contribution in [0.3, 0.4) is 0 Å². The van der Waals surface area contributed by atoms with Crippen LogP contribution >= 0.6 is 23.5 Å². The molecule has 136 valence electrons. The van der Waals surface area contributed by atoms with Crippen molar-refractivity contribution in [3.63, 3.8) is 0 Å². The molecule has 0 bridgehead atoms. The Labute approximate surface area is 167 Å². The zero-order chi connectivity index (χ0) is 18.8. The molecule has 6 heteroatoms. The highest BCUT2D eigenvalue weighted by atomic mass is 35.5. The van der Waals surface area contributed by atoms with Crippen molar-refractivity contribution in [1.29, 1.82) is 0 Å². The van der Waals surface area contributed by atoms with E-state index in [0.29, 0.717) is 5.02 Å². The van der Waals surface area contributed by atoms with Crippen LogP contribution in [-0.4, -0.2) is 5.71 Å². The second-order valence-corrected chi connectivity index (χ2v) is 7.58. The van der Waals surface area contributed by atoms with Gasteiger partial charge in [-0.05, 0) is 67.9 Å². The second-order valence-electron chi connectivity index (χ2n) is 6.28. The summed E-state index contributed by atoms with van der Waals surface area (Å²) >= 11 is 7.56. The highest BCUT2D eigenvalue weighted by Gasteiger charge is 2.17. The molecule has 1 aliphatic heterocycles. The number of nitrogens with zero attached hydrogens (tertiary/aromatic N) is 1. The van der Waals surface area contributed by atoms with Crippen molar-refractivity contribution in [3.05, 3.63) is 76.8 Å². The van der Waals surface area contributed by atoms with Gasteiger partial charge in [0, 0.05) is 21.9 Å². The van der Waals surface area contributed by atoms with Gasteiger partial charge in [-0.15, -0.1) is 0 Å². The van der Waals surface area contributed by atoms with E-state index >= 15 is 0 Å². The molecule has 0 fully saturated rings. The van der Waals surface area contributed by atoms with Crippen LogP contribution in [0.1, 0.15) is 18.1 Å². The van der Waals surface area contributed by atoms with Crippen LogP contribution in [-0.2, 0) is 0 Å². The van der Waals surface area contributed by atoms with Crippen molar-refractivity contribution in [2.45, 2.75) is 18.7 Å². The Hall–Kier alpha value is -2.63. The smallest absolute Gasteiger partial charge is 0.151 e. The number of hydrogen-bond acceptors (Lipinski definition) is 5. The quantitative estimate of drug-likeness (QED) is 0.234. The Balaban J connectivity index is 1.48. The third-order valence-corrected chi connectivity index (χ3v) is 5.15. The molecular formula is C21H18ClN3OS. The van der Waals surface area contributed by atoms with Gasteiger partial charge in [0.15, 0.2) is 11.5 Å². The molecule has 2 N–H and O–H groups in total. The summed E-state index contributed by atoms with van der Waals surface area (Å²) in [6.07, 6.45) is 0. The highest BCUT2D eigenvalue weighted by Crippen LogP contribution is 2.43. The first kappa shape index (κ1) is 17.8. The number of nitrogens with one attached hydrogen (secondary N) is 2. The molecule has 0 spiro atoms. The molecule has 1 heterocycles. The van der Waals surface area contributed by atoms with Gasteiger partial charge in [-0.2, -0.15) is 5.10 Å². The number of hydrogen-bond donors (Lipinski definition) is 2. The van der Waals surface area contributed by atoms with Gasteiger partial charge in [0.1, 0.15) is 0 Å². The molecule has 1 aliphatic rings. The van der Waals surface area contributed by atoms with E-state index in [1.54, 1.807) is 0 Å². The van der Waals surface area contributed by atoms with Gasteiger partial charge in [0.05, 0.1) is 17.1 Å². The highest BCUT2D eigenvalue weighted by molar-refractivity contribution is 7.97. The van der Waals surface area contributed by atoms with E-state index in [0.717, 1.165) is 39.0 Å². The lowest BCUT2D eigenvalue weighted by Crippen LogP contribution is -2.06. The Morgan fingerprint density at radius 1 is 1.00 bits per heavy atom. The summed E-state index contributed by atoms with van der Waals surface area (Å²) in [5.74, 6) is 1.55. The largest absolute Gasteiger partial charge is 0.453 e. The van der Waals surface area contributed by atoms with Crippen molar-refractivity contribution in [2.24, 2.45) is 5.10 Å². The number of fused-ring (bicyclic) bond motifs is 2. The van der Waals surface area contributed by atoms with E-state index in [9.17, 15) is 0 Å². The van der Waals surface area contributed by atoms with Crippen molar-refractivity contribution < 1.29 is 4.74 Å². The standard InChI is InChI=1S/C21H18ClN3OS/c1-13-3-7-17(8-4-13)27-25-24-14(2)15-5-9-20-18(11-15)23-19-12-16(22)6-10-21(19)26-20/h3-12,23,25H,1-2H3/b24-14+. The van der Waals surface area contributed by atoms with Crippen LogP contribution in [0.2, 0.25) is 5.02 Å². The molecule has 3 aromatic carbocycles. The fourth-order valence-corrected chi connectivity index (χ4v) is 3.44. The average Bonchev–Trinajstić information content (AvgIpc) is 2.67. The van der Waals surface area contributed by atoms with Crippen molar-refractivity contribution in [2.75, 3.05) is 5.32 Å². The average molecular weight is 396 g/mol. The van der Waals surface area contributed by atoms with E-state index in [2.05, 4.69) is 46.4 Å². The first-order valence-corrected chi connectivity index (χ1v) is 9.69. The van der Waals surface area contributed by atoms with Crippen LogP contribution in [0, 0.1) is 6.92 Å². The van der Waals surface area contributed by atoms with Crippen LogP contribution < -0.4 is 14.9 Å². The van der Waals surface area contributed by atoms with Gasteiger partial charge in [-0.3, -0.25) is 0 Å².